The van der Waals surface area contributed by atoms with Crippen LogP contribution in [0.25, 0.3) is 21.7 Å². The molecule has 0 spiro atoms. The van der Waals surface area contributed by atoms with E-state index in [0.29, 0.717) is 4.90 Å². The summed E-state index contributed by atoms with van der Waals surface area (Å²) in [5, 5.41) is 2.00. The molecule has 21 heavy (non-hydrogen) atoms. The van der Waals surface area contributed by atoms with Crippen molar-refractivity contribution in [3.05, 3.63) is 54.0 Å². The zero-order valence-electron chi connectivity index (χ0n) is 11.8. The largest absolute Gasteiger partial charge is 0.351 e. The first-order chi connectivity index (χ1) is 9.98. The lowest BCUT2D eigenvalue weighted by molar-refractivity contribution is 0.602. The van der Waals surface area contributed by atoms with E-state index in [1.54, 1.807) is 23.5 Å². The summed E-state index contributed by atoms with van der Waals surface area (Å²) in [5.74, 6) is 0. The fourth-order valence-electron chi connectivity index (χ4n) is 2.46. The Morgan fingerprint density at radius 3 is 2.43 bits per heavy atom. The number of hydrogen-bond acceptors (Lipinski definition) is 3. The first-order valence-electron chi connectivity index (χ1n) is 6.47. The molecular formula is C16H15NO2S2. The van der Waals surface area contributed by atoms with Crippen LogP contribution < -0.4 is 0 Å². The minimum atomic E-state index is -3.30. The zero-order valence-corrected chi connectivity index (χ0v) is 13.4. The smallest absolute Gasteiger partial charge is 0.176 e. The molecule has 108 valence electrons. The summed E-state index contributed by atoms with van der Waals surface area (Å²) < 4.78 is 26.3. The first kappa shape index (κ1) is 14.1. The van der Waals surface area contributed by atoms with Crippen LogP contribution in [0.15, 0.2) is 58.9 Å². The first-order valence-corrected chi connectivity index (χ1v) is 9.24. The van der Waals surface area contributed by atoms with Gasteiger partial charge < -0.3 is 4.57 Å². The molecule has 2 heterocycles. The number of hydrogen-bond donors (Lipinski definition) is 0. The summed E-state index contributed by atoms with van der Waals surface area (Å²) in [4.78, 5) is 1.44. The molecule has 0 saturated carbocycles. The monoisotopic (exact) mass is 317 g/mol. The number of thiophene rings is 1. The molecule has 0 amide bonds. The van der Waals surface area contributed by atoms with Gasteiger partial charge in [0, 0.05) is 41.2 Å². The molecule has 3 rings (SSSR count). The Morgan fingerprint density at radius 2 is 1.86 bits per heavy atom. The molecule has 3 aromatic rings. The minimum absolute atomic E-state index is 0.371. The molecule has 0 radical (unpaired) electrons. The summed E-state index contributed by atoms with van der Waals surface area (Å²) in [6, 6.07) is 13.3. The van der Waals surface area contributed by atoms with E-state index < -0.39 is 9.84 Å². The molecule has 0 N–H and O–H groups in total. The molecular weight excluding hydrogens is 302 g/mol. The van der Waals surface area contributed by atoms with Crippen LogP contribution in [-0.4, -0.2) is 19.2 Å². The Balaban J connectivity index is 2.40. The van der Waals surface area contributed by atoms with E-state index in [1.165, 1.54) is 6.26 Å². The molecule has 0 aliphatic rings. The minimum Gasteiger partial charge on any atom is -0.351 e. The van der Waals surface area contributed by atoms with Gasteiger partial charge in [-0.25, -0.2) is 8.42 Å². The van der Waals surface area contributed by atoms with Crippen molar-refractivity contribution in [2.24, 2.45) is 7.05 Å². The van der Waals surface area contributed by atoms with Crippen molar-refractivity contribution < 1.29 is 8.42 Å². The Morgan fingerprint density at radius 1 is 1.05 bits per heavy atom. The van der Waals surface area contributed by atoms with Crippen LogP contribution in [0.1, 0.15) is 0 Å². The van der Waals surface area contributed by atoms with Gasteiger partial charge in [0.2, 0.25) is 0 Å². The normalized spacial score (nSPS) is 11.7. The summed E-state index contributed by atoms with van der Waals surface area (Å²) >= 11 is 1.61. The van der Waals surface area contributed by atoms with Gasteiger partial charge in [-0.05, 0) is 29.6 Å². The van der Waals surface area contributed by atoms with Crippen LogP contribution in [0, 0.1) is 0 Å². The van der Waals surface area contributed by atoms with E-state index in [4.69, 9.17) is 0 Å². The highest BCUT2D eigenvalue weighted by Gasteiger charge is 2.20. The average Bonchev–Trinajstić information content (AvgIpc) is 3.07. The van der Waals surface area contributed by atoms with Crippen molar-refractivity contribution in [1.29, 1.82) is 0 Å². The SMILES string of the molecule is Cn1cccc1-c1c(-c2cccs2)cccc1S(C)(=O)=O. The standard InChI is InChI=1S/C16H15NO2S2/c1-17-10-4-7-13(17)16-12(14-8-5-11-20-14)6-3-9-15(16)21(2,18)19/h3-11H,1-2H3. The third kappa shape index (κ3) is 2.54. The summed E-state index contributed by atoms with van der Waals surface area (Å²) in [5.41, 5.74) is 2.63. The van der Waals surface area contributed by atoms with Crippen molar-refractivity contribution in [2.45, 2.75) is 4.90 Å². The third-order valence-electron chi connectivity index (χ3n) is 3.41. The lowest BCUT2D eigenvalue weighted by Crippen LogP contribution is -2.03. The van der Waals surface area contributed by atoms with E-state index in [2.05, 4.69) is 0 Å². The zero-order chi connectivity index (χ0) is 15.0. The van der Waals surface area contributed by atoms with Crippen molar-refractivity contribution in [3.63, 3.8) is 0 Å². The van der Waals surface area contributed by atoms with Crippen LogP contribution in [0.3, 0.4) is 0 Å². The number of benzene rings is 1. The molecule has 1 aromatic carbocycles. The average molecular weight is 317 g/mol. The number of nitrogens with zero attached hydrogens (tertiary/aromatic N) is 1. The fraction of sp³-hybridized carbons (Fsp3) is 0.125. The second-order valence-corrected chi connectivity index (χ2v) is 7.86. The van der Waals surface area contributed by atoms with Gasteiger partial charge >= 0.3 is 0 Å². The predicted octanol–water partition coefficient (Wildman–Crippen LogP) is 3.82. The molecule has 0 fully saturated rings. The maximum atomic E-state index is 12.2. The van der Waals surface area contributed by atoms with E-state index in [-0.39, 0.29) is 0 Å². The van der Waals surface area contributed by atoms with Gasteiger partial charge in [-0.15, -0.1) is 11.3 Å². The summed E-state index contributed by atoms with van der Waals surface area (Å²) in [7, 11) is -1.38. The quantitative estimate of drug-likeness (QED) is 0.736. The van der Waals surface area contributed by atoms with Gasteiger partial charge in [-0.1, -0.05) is 18.2 Å². The van der Waals surface area contributed by atoms with E-state index in [9.17, 15) is 8.42 Å². The highest BCUT2D eigenvalue weighted by Crippen LogP contribution is 2.38. The number of sulfone groups is 1. The number of aromatic nitrogens is 1. The lowest BCUT2D eigenvalue weighted by Gasteiger charge is -2.14. The van der Waals surface area contributed by atoms with Gasteiger partial charge in [-0.3, -0.25) is 0 Å². The molecule has 0 aliphatic heterocycles. The Hall–Kier alpha value is -1.85. The van der Waals surface area contributed by atoms with Crippen LogP contribution in [-0.2, 0) is 16.9 Å². The topological polar surface area (TPSA) is 39.1 Å². The molecule has 0 bridgehead atoms. The maximum absolute atomic E-state index is 12.2. The van der Waals surface area contributed by atoms with E-state index in [0.717, 1.165) is 21.7 Å². The number of aryl methyl sites for hydroxylation is 1. The highest BCUT2D eigenvalue weighted by atomic mass is 32.2. The maximum Gasteiger partial charge on any atom is 0.176 e. The van der Waals surface area contributed by atoms with Gasteiger partial charge in [0.25, 0.3) is 0 Å². The van der Waals surface area contributed by atoms with Crippen LogP contribution in [0.4, 0.5) is 0 Å². The van der Waals surface area contributed by atoms with Gasteiger partial charge in [0.1, 0.15) is 0 Å². The van der Waals surface area contributed by atoms with E-state index >= 15 is 0 Å². The van der Waals surface area contributed by atoms with E-state index in [1.807, 2.05) is 53.5 Å². The molecule has 0 unspecified atom stereocenters. The second kappa shape index (κ2) is 5.16. The molecule has 0 atom stereocenters. The van der Waals surface area contributed by atoms with Crippen molar-refractivity contribution >= 4 is 21.2 Å². The second-order valence-electron chi connectivity index (χ2n) is 4.93. The van der Waals surface area contributed by atoms with Crippen LogP contribution >= 0.6 is 11.3 Å². The molecule has 0 saturated heterocycles. The summed E-state index contributed by atoms with van der Waals surface area (Å²) in [6.07, 6.45) is 3.18. The van der Waals surface area contributed by atoms with Gasteiger partial charge in [-0.2, -0.15) is 0 Å². The Bertz CT molecular complexity index is 875. The molecule has 5 heteroatoms. The Kier molecular flexibility index (Phi) is 3.47. The fourth-order valence-corrected chi connectivity index (χ4v) is 4.13. The molecule has 3 nitrogen and oxygen atoms in total. The van der Waals surface area contributed by atoms with Crippen molar-refractivity contribution in [3.8, 4) is 21.7 Å². The van der Waals surface area contributed by atoms with Crippen LogP contribution in [0.5, 0.6) is 0 Å². The highest BCUT2D eigenvalue weighted by molar-refractivity contribution is 7.90. The lowest BCUT2D eigenvalue weighted by atomic mass is 10.0. The van der Waals surface area contributed by atoms with Crippen molar-refractivity contribution in [1.82, 2.24) is 4.57 Å². The third-order valence-corrected chi connectivity index (χ3v) is 5.45. The predicted molar refractivity (Wildman–Crippen MR) is 87.3 cm³/mol. The number of rotatable bonds is 3. The molecule has 2 aromatic heterocycles. The van der Waals surface area contributed by atoms with Crippen molar-refractivity contribution in [2.75, 3.05) is 6.26 Å². The van der Waals surface area contributed by atoms with Gasteiger partial charge in [0.05, 0.1) is 4.90 Å². The van der Waals surface area contributed by atoms with Crippen LogP contribution in [0.2, 0.25) is 0 Å². The Labute approximate surface area is 128 Å². The summed E-state index contributed by atoms with van der Waals surface area (Å²) in [6.45, 7) is 0. The molecule has 0 aliphatic carbocycles. The van der Waals surface area contributed by atoms with Gasteiger partial charge in [0.15, 0.2) is 9.84 Å².